The first kappa shape index (κ1) is 14.6. The molecule has 1 aromatic rings. The van der Waals surface area contributed by atoms with Crippen LogP contribution >= 0.6 is 0 Å². The van der Waals surface area contributed by atoms with Crippen LogP contribution in [0, 0.1) is 0 Å². The highest BCUT2D eigenvalue weighted by Crippen LogP contribution is 2.34. The maximum Gasteiger partial charge on any atom is 0.313 e. The third-order valence-corrected chi connectivity index (χ3v) is 2.81. The molecule has 0 radical (unpaired) electrons. The van der Waals surface area contributed by atoms with Crippen molar-refractivity contribution in [3.05, 3.63) is 43.5 Å². The van der Waals surface area contributed by atoms with Crippen molar-refractivity contribution in [1.82, 2.24) is 4.90 Å². The van der Waals surface area contributed by atoms with Crippen LogP contribution in [0.4, 0.5) is 5.69 Å². The fourth-order valence-electron chi connectivity index (χ4n) is 1.85. The first-order valence-corrected chi connectivity index (χ1v) is 6.37. The number of hydrogen-bond donors (Lipinski definition) is 1. The zero-order valence-electron chi connectivity index (χ0n) is 11.5. The largest absolute Gasteiger partial charge is 0.454 e. The summed E-state index contributed by atoms with van der Waals surface area (Å²) >= 11 is 0. The number of carbonyl (C=O) groups excluding carboxylic acids is 2. The van der Waals surface area contributed by atoms with E-state index >= 15 is 0 Å². The van der Waals surface area contributed by atoms with Crippen LogP contribution in [0.2, 0.25) is 0 Å². The van der Waals surface area contributed by atoms with Crippen LogP contribution in [0.1, 0.15) is 0 Å². The number of amides is 2. The van der Waals surface area contributed by atoms with Gasteiger partial charge in [-0.2, -0.15) is 0 Å². The minimum absolute atomic E-state index is 0.151. The molecule has 0 bridgehead atoms. The minimum atomic E-state index is -0.724. The van der Waals surface area contributed by atoms with Crippen molar-refractivity contribution >= 4 is 17.5 Å². The molecule has 21 heavy (non-hydrogen) atoms. The van der Waals surface area contributed by atoms with E-state index in [9.17, 15) is 9.59 Å². The van der Waals surface area contributed by atoms with Gasteiger partial charge in [0, 0.05) is 24.8 Å². The van der Waals surface area contributed by atoms with E-state index in [1.165, 1.54) is 4.90 Å². The van der Waals surface area contributed by atoms with Gasteiger partial charge in [-0.1, -0.05) is 12.2 Å². The Bertz CT molecular complexity index is 573. The lowest BCUT2D eigenvalue weighted by atomic mass is 10.2. The molecule has 1 aliphatic rings. The predicted octanol–water partition coefficient (Wildman–Crippen LogP) is 1.55. The minimum Gasteiger partial charge on any atom is -0.454 e. The van der Waals surface area contributed by atoms with E-state index in [1.807, 2.05) is 0 Å². The van der Waals surface area contributed by atoms with E-state index < -0.39 is 11.8 Å². The Morgan fingerprint density at radius 3 is 2.52 bits per heavy atom. The van der Waals surface area contributed by atoms with Crippen LogP contribution in [0.3, 0.4) is 0 Å². The molecule has 1 N–H and O–H groups in total. The molecular formula is C15H16N2O4. The molecular weight excluding hydrogens is 272 g/mol. The normalized spacial score (nSPS) is 11.6. The maximum atomic E-state index is 12.0. The Labute approximate surface area is 122 Å². The number of rotatable bonds is 5. The highest BCUT2D eigenvalue weighted by Gasteiger charge is 2.21. The summed E-state index contributed by atoms with van der Waals surface area (Å²) in [5, 5.41) is 2.53. The van der Waals surface area contributed by atoms with E-state index in [-0.39, 0.29) is 19.9 Å². The molecule has 1 aliphatic heterocycles. The van der Waals surface area contributed by atoms with Crippen molar-refractivity contribution in [2.45, 2.75) is 0 Å². The second-order valence-corrected chi connectivity index (χ2v) is 4.31. The number of hydrogen-bond acceptors (Lipinski definition) is 4. The monoisotopic (exact) mass is 288 g/mol. The van der Waals surface area contributed by atoms with Crippen LogP contribution in [0.15, 0.2) is 43.5 Å². The molecule has 0 aromatic heterocycles. The molecule has 1 heterocycles. The second-order valence-electron chi connectivity index (χ2n) is 4.31. The summed E-state index contributed by atoms with van der Waals surface area (Å²) < 4.78 is 10.4. The Balaban J connectivity index is 2.04. The molecule has 110 valence electrons. The van der Waals surface area contributed by atoms with Crippen molar-refractivity contribution in [2.24, 2.45) is 0 Å². The van der Waals surface area contributed by atoms with Crippen molar-refractivity contribution in [3.8, 4) is 11.5 Å². The number of anilines is 1. The molecule has 0 spiro atoms. The van der Waals surface area contributed by atoms with Crippen LogP contribution in [0.25, 0.3) is 0 Å². The van der Waals surface area contributed by atoms with Gasteiger partial charge in [-0.15, -0.1) is 13.2 Å². The SMILES string of the molecule is C=CCN(CC=C)C(=O)C(=O)Nc1ccc2c(c1)OCO2. The van der Waals surface area contributed by atoms with Crippen molar-refractivity contribution < 1.29 is 19.1 Å². The van der Waals surface area contributed by atoms with E-state index in [2.05, 4.69) is 18.5 Å². The summed E-state index contributed by atoms with van der Waals surface area (Å²) in [6.07, 6.45) is 3.10. The number of nitrogens with one attached hydrogen (secondary N) is 1. The first-order chi connectivity index (χ1) is 10.2. The number of ether oxygens (including phenoxy) is 2. The number of fused-ring (bicyclic) bond motifs is 1. The quantitative estimate of drug-likeness (QED) is 0.659. The Morgan fingerprint density at radius 2 is 1.86 bits per heavy atom. The standard InChI is InChI=1S/C15H16N2O4/c1-3-7-17(8-4-2)15(19)14(18)16-11-5-6-12-13(9-11)21-10-20-12/h3-6,9H,1-2,7-8,10H2,(H,16,18). The van der Waals surface area contributed by atoms with Gasteiger partial charge in [0.2, 0.25) is 6.79 Å². The fraction of sp³-hybridized carbons (Fsp3) is 0.200. The van der Waals surface area contributed by atoms with Crippen molar-refractivity contribution in [3.63, 3.8) is 0 Å². The molecule has 1 aromatic carbocycles. The van der Waals surface area contributed by atoms with Gasteiger partial charge in [-0.25, -0.2) is 0 Å². The predicted molar refractivity (Wildman–Crippen MR) is 78.2 cm³/mol. The van der Waals surface area contributed by atoms with Gasteiger partial charge in [0.15, 0.2) is 11.5 Å². The first-order valence-electron chi connectivity index (χ1n) is 6.37. The molecule has 6 nitrogen and oxygen atoms in total. The molecule has 6 heteroatoms. The fourth-order valence-corrected chi connectivity index (χ4v) is 1.85. The van der Waals surface area contributed by atoms with Gasteiger partial charge < -0.3 is 19.7 Å². The highest BCUT2D eigenvalue weighted by molar-refractivity contribution is 6.39. The summed E-state index contributed by atoms with van der Waals surface area (Å²) in [6, 6.07) is 4.93. The molecule has 0 fully saturated rings. The van der Waals surface area contributed by atoms with Gasteiger partial charge >= 0.3 is 11.8 Å². The van der Waals surface area contributed by atoms with Gasteiger partial charge in [0.1, 0.15) is 0 Å². The lowest BCUT2D eigenvalue weighted by Gasteiger charge is -2.18. The van der Waals surface area contributed by atoms with E-state index in [1.54, 1.807) is 30.4 Å². The molecule has 2 rings (SSSR count). The van der Waals surface area contributed by atoms with Gasteiger partial charge in [0.25, 0.3) is 0 Å². The molecule has 2 amide bonds. The summed E-state index contributed by atoms with van der Waals surface area (Å²) in [4.78, 5) is 25.3. The Morgan fingerprint density at radius 1 is 1.19 bits per heavy atom. The zero-order chi connectivity index (χ0) is 15.2. The lowest BCUT2D eigenvalue weighted by Crippen LogP contribution is -2.39. The number of benzene rings is 1. The zero-order valence-corrected chi connectivity index (χ0v) is 11.5. The summed E-state index contributed by atoms with van der Waals surface area (Å²) in [5.74, 6) is -0.224. The number of carbonyl (C=O) groups is 2. The van der Waals surface area contributed by atoms with Gasteiger partial charge in [0.05, 0.1) is 0 Å². The van der Waals surface area contributed by atoms with Crippen molar-refractivity contribution in [1.29, 1.82) is 0 Å². The third-order valence-electron chi connectivity index (χ3n) is 2.81. The lowest BCUT2D eigenvalue weighted by molar-refractivity contribution is -0.142. The van der Waals surface area contributed by atoms with E-state index in [4.69, 9.17) is 9.47 Å². The molecule has 0 saturated heterocycles. The number of nitrogens with zero attached hydrogens (tertiary/aromatic N) is 1. The van der Waals surface area contributed by atoms with E-state index in [0.717, 1.165) is 0 Å². The second kappa shape index (κ2) is 6.60. The van der Waals surface area contributed by atoms with Crippen LogP contribution < -0.4 is 14.8 Å². The van der Waals surface area contributed by atoms with E-state index in [0.29, 0.717) is 17.2 Å². The summed E-state index contributed by atoms with van der Waals surface area (Å²) in [6.45, 7) is 7.82. The third kappa shape index (κ3) is 3.42. The topological polar surface area (TPSA) is 67.9 Å². The van der Waals surface area contributed by atoms with Gasteiger partial charge in [-0.05, 0) is 12.1 Å². The molecule has 0 atom stereocenters. The van der Waals surface area contributed by atoms with Crippen LogP contribution in [0.5, 0.6) is 11.5 Å². The average molecular weight is 288 g/mol. The summed E-state index contributed by atoms with van der Waals surface area (Å²) in [7, 11) is 0. The van der Waals surface area contributed by atoms with Crippen molar-refractivity contribution in [2.75, 3.05) is 25.2 Å². The Hall–Kier alpha value is -2.76. The average Bonchev–Trinajstić information content (AvgIpc) is 2.93. The molecule has 0 unspecified atom stereocenters. The maximum absolute atomic E-state index is 12.0. The molecule has 0 aliphatic carbocycles. The molecule has 0 saturated carbocycles. The summed E-state index contributed by atoms with van der Waals surface area (Å²) in [5.41, 5.74) is 0.467. The Kier molecular flexibility index (Phi) is 4.61. The van der Waals surface area contributed by atoms with Gasteiger partial charge in [-0.3, -0.25) is 9.59 Å². The smallest absolute Gasteiger partial charge is 0.313 e. The van der Waals surface area contributed by atoms with Crippen LogP contribution in [-0.4, -0.2) is 36.6 Å². The van der Waals surface area contributed by atoms with Crippen LogP contribution in [-0.2, 0) is 9.59 Å². The highest BCUT2D eigenvalue weighted by atomic mass is 16.7.